The fourth-order valence-electron chi connectivity index (χ4n) is 3.11. The van der Waals surface area contributed by atoms with E-state index in [4.69, 9.17) is 5.73 Å². The molecule has 2 aromatic rings. The molecule has 5 N–H and O–H groups in total. The van der Waals surface area contributed by atoms with Crippen LogP contribution in [0.4, 0.5) is 5.95 Å². The molecule has 138 valence electrons. The average molecular weight is 358 g/mol. The lowest BCUT2D eigenvalue weighted by Gasteiger charge is -2.38. The highest BCUT2D eigenvalue weighted by Crippen LogP contribution is 2.31. The number of H-pyrrole nitrogens is 1. The van der Waals surface area contributed by atoms with Gasteiger partial charge in [-0.2, -0.15) is 0 Å². The summed E-state index contributed by atoms with van der Waals surface area (Å²) >= 11 is 0. The molecule has 3 rings (SSSR count). The number of nitrogen functional groups attached to an aromatic ring is 1. The van der Waals surface area contributed by atoms with Crippen LogP contribution in [-0.2, 0) is 17.6 Å². The number of aryl methyl sites for hydroxylation is 1. The second-order valence-corrected chi connectivity index (χ2v) is 6.60. The van der Waals surface area contributed by atoms with Gasteiger partial charge in [0.1, 0.15) is 5.69 Å². The highest BCUT2D eigenvalue weighted by molar-refractivity contribution is 5.76. The number of aliphatic hydroxyl groups is 1. The number of carbonyl (C=O) groups excluding carboxylic acids is 1. The monoisotopic (exact) mass is 358 g/mol. The molecule has 0 unspecified atom stereocenters. The van der Waals surface area contributed by atoms with E-state index >= 15 is 0 Å². The number of aromatic amines is 1. The van der Waals surface area contributed by atoms with Gasteiger partial charge in [-0.25, -0.2) is 0 Å². The number of hydrogen-bond donors (Lipinski definition) is 4. The summed E-state index contributed by atoms with van der Waals surface area (Å²) in [5.41, 5.74) is 6.18. The predicted molar refractivity (Wildman–Crippen MR) is 94.0 cm³/mol. The molecule has 0 spiro atoms. The number of hydrogen-bond acceptors (Lipinski definition) is 7. The zero-order chi connectivity index (χ0) is 18.5. The van der Waals surface area contributed by atoms with Gasteiger partial charge in [0.25, 0.3) is 5.56 Å². The van der Waals surface area contributed by atoms with Gasteiger partial charge >= 0.3 is 0 Å². The predicted octanol–water partition coefficient (Wildman–Crippen LogP) is -0.427. The Morgan fingerprint density at radius 1 is 1.35 bits per heavy atom. The summed E-state index contributed by atoms with van der Waals surface area (Å²) in [6.45, 7) is 0. The summed E-state index contributed by atoms with van der Waals surface area (Å²) in [4.78, 5) is 30.4. The number of amides is 1. The van der Waals surface area contributed by atoms with E-state index in [0.717, 1.165) is 5.56 Å². The Balaban J connectivity index is 1.58. The van der Waals surface area contributed by atoms with Crippen LogP contribution >= 0.6 is 0 Å². The number of anilines is 1. The number of nitrogens with one attached hydrogen (secondary N) is 2. The lowest BCUT2D eigenvalue weighted by molar-refractivity contribution is -0.122. The Morgan fingerprint density at radius 2 is 2.08 bits per heavy atom. The van der Waals surface area contributed by atoms with Crippen molar-refractivity contribution in [2.24, 2.45) is 5.92 Å². The van der Waals surface area contributed by atoms with E-state index in [-0.39, 0.29) is 48.5 Å². The summed E-state index contributed by atoms with van der Waals surface area (Å²) in [5, 5.41) is 20.0. The second-order valence-electron chi connectivity index (χ2n) is 6.60. The Morgan fingerprint density at radius 3 is 2.73 bits per heavy atom. The second kappa shape index (κ2) is 8.05. The number of rotatable bonds is 7. The zero-order valence-electron chi connectivity index (χ0n) is 14.3. The molecule has 1 aliphatic rings. The van der Waals surface area contributed by atoms with E-state index in [2.05, 4.69) is 25.5 Å². The smallest absolute Gasteiger partial charge is 0.274 e. The summed E-state index contributed by atoms with van der Waals surface area (Å²) in [5.74, 6) is 0.0226. The SMILES string of the molecule is Nc1nnc(CCC(=O)N[C@H](Cc2ccncc2)C2CC(O)C2)c(=O)[nH]1. The summed E-state index contributed by atoms with van der Waals surface area (Å²) in [6, 6.07) is 3.76. The normalized spacial score (nSPS) is 20.2. The van der Waals surface area contributed by atoms with E-state index in [9.17, 15) is 14.7 Å². The lowest BCUT2D eigenvalue weighted by Crippen LogP contribution is -2.48. The van der Waals surface area contributed by atoms with E-state index in [1.165, 1.54) is 0 Å². The van der Waals surface area contributed by atoms with Crippen LogP contribution < -0.4 is 16.6 Å². The first-order valence-corrected chi connectivity index (χ1v) is 8.59. The molecule has 0 aliphatic heterocycles. The van der Waals surface area contributed by atoms with Crippen LogP contribution in [0.5, 0.6) is 0 Å². The topological polar surface area (TPSA) is 147 Å². The van der Waals surface area contributed by atoms with Crippen molar-refractivity contribution in [3.05, 3.63) is 46.1 Å². The van der Waals surface area contributed by atoms with Crippen LogP contribution in [0, 0.1) is 5.92 Å². The number of aromatic nitrogens is 4. The van der Waals surface area contributed by atoms with Gasteiger partial charge < -0.3 is 16.2 Å². The van der Waals surface area contributed by atoms with Gasteiger partial charge in [0.05, 0.1) is 6.10 Å². The van der Waals surface area contributed by atoms with Crippen LogP contribution in [0.15, 0.2) is 29.3 Å². The van der Waals surface area contributed by atoms with Crippen molar-refractivity contribution >= 4 is 11.9 Å². The van der Waals surface area contributed by atoms with Crippen molar-refractivity contribution in [3.8, 4) is 0 Å². The third-order valence-electron chi connectivity index (χ3n) is 4.64. The first kappa shape index (κ1) is 18.0. The summed E-state index contributed by atoms with van der Waals surface area (Å²) < 4.78 is 0. The molecule has 1 saturated carbocycles. The van der Waals surface area contributed by atoms with E-state index in [1.54, 1.807) is 12.4 Å². The van der Waals surface area contributed by atoms with Crippen LogP contribution in [0.25, 0.3) is 0 Å². The van der Waals surface area contributed by atoms with E-state index in [0.29, 0.717) is 19.3 Å². The maximum Gasteiger partial charge on any atom is 0.274 e. The van der Waals surface area contributed by atoms with Crippen molar-refractivity contribution in [2.45, 2.75) is 44.2 Å². The van der Waals surface area contributed by atoms with Crippen LogP contribution in [0.1, 0.15) is 30.5 Å². The largest absolute Gasteiger partial charge is 0.393 e. The highest BCUT2D eigenvalue weighted by Gasteiger charge is 2.34. The third-order valence-corrected chi connectivity index (χ3v) is 4.64. The molecule has 0 bridgehead atoms. The molecule has 2 heterocycles. The molecular formula is C17H22N6O3. The fraction of sp³-hybridized carbons (Fsp3) is 0.471. The number of nitrogens with two attached hydrogens (primary N) is 1. The van der Waals surface area contributed by atoms with Crippen LogP contribution in [0.3, 0.4) is 0 Å². The molecular weight excluding hydrogens is 336 g/mol. The molecule has 0 radical (unpaired) electrons. The maximum absolute atomic E-state index is 12.4. The molecule has 2 aromatic heterocycles. The Kier molecular flexibility index (Phi) is 5.57. The minimum atomic E-state index is -0.430. The van der Waals surface area contributed by atoms with Gasteiger partial charge in [0.2, 0.25) is 11.9 Å². The van der Waals surface area contributed by atoms with Crippen molar-refractivity contribution in [1.82, 2.24) is 25.5 Å². The van der Waals surface area contributed by atoms with Gasteiger partial charge in [-0.3, -0.25) is 19.6 Å². The molecule has 1 amide bonds. The molecule has 26 heavy (non-hydrogen) atoms. The van der Waals surface area contributed by atoms with E-state index < -0.39 is 5.56 Å². The summed E-state index contributed by atoms with van der Waals surface area (Å²) in [7, 11) is 0. The average Bonchev–Trinajstić information content (AvgIpc) is 2.58. The van der Waals surface area contributed by atoms with Crippen molar-refractivity contribution in [3.63, 3.8) is 0 Å². The molecule has 1 aliphatic carbocycles. The highest BCUT2D eigenvalue weighted by atomic mass is 16.3. The zero-order valence-corrected chi connectivity index (χ0v) is 14.3. The number of nitrogens with zero attached hydrogens (tertiary/aromatic N) is 3. The summed E-state index contributed by atoms with van der Waals surface area (Å²) in [6.07, 6.45) is 5.49. The Bertz CT molecular complexity index is 804. The van der Waals surface area contributed by atoms with Crippen molar-refractivity contribution < 1.29 is 9.90 Å². The molecule has 9 nitrogen and oxygen atoms in total. The Labute approximate surface area is 150 Å². The van der Waals surface area contributed by atoms with Crippen LogP contribution in [0.2, 0.25) is 0 Å². The van der Waals surface area contributed by atoms with Crippen molar-refractivity contribution in [2.75, 3.05) is 5.73 Å². The standard InChI is InChI=1S/C17H22N6O3/c18-17-21-16(26)13(22-23-17)1-2-15(25)20-14(11-8-12(24)9-11)7-10-3-5-19-6-4-10/h3-6,11-12,14,24H,1-2,7-9H2,(H,20,25)(H3,18,21,23,26)/t11?,12?,14-/m1/s1. The maximum atomic E-state index is 12.4. The minimum Gasteiger partial charge on any atom is -0.393 e. The van der Waals surface area contributed by atoms with Gasteiger partial charge in [-0.05, 0) is 42.9 Å². The minimum absolute atomic E-state index is 0.0517. The van der Waals surface area contributed by atoms with Crippen LogP contribution in [-0.4, -0.2) is 43.3 Å². The van der Waals surface area contributed by atoms with Gasteiger partial charge in [-0.1, -0.05) is 0 Å². The molecule has 1 atom stereocenters. The first-order valence-electron chi connectivity index (χ1n) is 8.59. The molecule has 0 saturated heterocycles. The number of carbonyl (C=O) groups is 1. The fourth-order valence-corrected chi connectivity index (χ4v) is 3.11. The number of aliphatic hydroxyl groups excluding tert-OH is 1. The van der Waals surface area contributed by atoms with E-state index in [1.807, 2.05) is 12.1 Å². The quantitative estimate of drug-likeness (QED) is 0.525. The Hall–Kier alpha value is -2.81. The third kappa shape index (κ3) is 4.63. The first-order chi connectivity index (χ1) is 12.5. The van der Waals surface area contributed by atoms with Gasteiger partial charge in [-0.15, -0.1) is 10.2 Å². The van der Waals surface area contributed by atoms with Gasteiger partial charge in [0, 0.05) is 31.3 Å². The van der Waals surface area contributed by atoms with Crippen molar-refractivity contribution in [1.29, 1.82) is 0 Å². The molecule has 1 fully saturated rings. The molecule has 0 aromatic carbocycles. The lowest BCUT2D eigenvalue weighted by atomic mass is 9.75. The molecule has 9 heteroatoms. The van der Waals surface area contributed by atoms with Gasteiger partial charge in [0.15, 0.2) is 0 Å². The number of pyridine rings is 1.